The summed E-state index contributed by atoms with van der Waals surface area (Å²) in [6.45, 7) is 12.9. The molecule has 0 fully saturated rings. The van der Waals surface area contributed by atoms with E-state index < -0.39 is 0 Å². The highest BCUT2D eigenvalue weighted by Gasteiger charge is 2.11. The van der Waals surface area contributed by atoms with Crippen LogP contribution in [-0.4, -0.2) is 18.1 Å². The van der Waals surface area contributed by atoms with E-state index in [0.29, 0.717) is 6.04 Å². The van der Waals surface area contributed by atoms with Gasteiger partial charge in [-0.05, 0) is 62.2 Å². The van der Waals surface area contributed by atoms with Crippen molar-refractivity contribution in [1.29, 1.82) is 0 Å². The fraction of sp³-hybridized carbons (Fsp3) is 0.692. The number of aryl methyl sites for hydroxylation is 1. The van der Waals surface area contributed by atoms with Gasteiger partial charge in [0.2, 0.25) is 0 Å². The monoisotopic (exact) mass is 318 g/mol. The molecule has 1 rings (SSSR count). The molecule has 0 aromatic carbocycles. The zero-order valence-corrected chi connectivity index (χ0v) is 13.8. The Hall–Kier alpha value is 0.100. The largest absolute Gasteiger partial charge is 0.311 e. The molecule has 0 radical (unpaired) electrons. The summed E-state index contributed by atoms with van der Waals surface area (Å²) in [6, 6.07) is 2.72. The third-order valence-corrected chi connectivity index (χ3v) is 4.61. The average molecular weight is 319 g/mol. The summed E-state index contributed by atoms with van der Waals surface area (Å²) in [7, 11) is 0. The molecule has 0 bridgehead atoms. The van der Waals surface area contributed by atoms with E-state index in [0.717, 1.165) is 13.1 Å². The summed E-state index contributed by atoms with van der Waals surface area (Å²) in [5, 5.41) is 7.05. The van der Waals surface area contributed by atoms with Crippen LogP contribution in [0.15, 0.2) is 9.85 Å². The first-order valence-corrected chi connectivity index (χ1v) is 7.62. The normalized spacial score (nSPS) is 14.0. The molecular formula is C13H23BrN2S. The predicted molar refractivity (Wildman–Crippen MR) is 80.8 cm³/mol. The second kappa shape index (κ2) is 6.32. The maximum atomic E-state index is 3.56. The number of hydrogen-bond acceptors (Lipinski definition) is 3. The van der Waals surface area contributed by atoms with Crippen molar-refractivity contribution in [1.82, 2.24) is 10.6 Å². The van der Waals surface area contributed by atoms with Gasteiger partial charge in [0.15, 0.2) is 0 Å². The minimum Gasteiger partial charge on any atom is -0.311 e. The molecule has 0 saturated carbocycles. The first-order chi connectivity index (χ1) is 7.78. The lowest BCUT2D eigenvalue weighted by atomic mass is 10.1. The second-order valence-corrected chi connectivity index (χ2v) is 8.04. The van der Waals surface area contributed by atoms with E-state index in [2.05, 4.69) is 67.2 Å². The summed E-state index contributed by atoms with van der Waals surface area (Å²) in [4.78, 5) is 1.39. The van der Waals surface area contributed by atoms with Crippen molar-refractivity contribution < 1.29 is 0 Å². The van der Waals surface area contributed by atoms with Crippen molar-refractivity contribution in [3.8, 4) is 0 Å². The molecule has 0 spiro atoms. The van der Waals surface area contributed by atoms with Crippen molar-refractivity contribution in [2.75, 3.05) is 6.54 Å². The molecule has 0 aliphatic rings. The minimum absolute atomic E-state index is 0.193. The van der Waals surface area contributed by atoms with Crippen molar-refractivity contribution in [2.45, 2.75) is 52.7 Å². The van der Waals surface area contributed by atoms with E-state index in [1.165, 1.54) is 14.2 Å². The highest BCUT2D eigenvalue weighted by atomic mass is 79.9. The highest BCUT2D eigenvalue weighted by molar-refractivity contribution is 9.11. The van der Waals surface area contributed by atoms with Gasteiger partial charge in [0.1, 0.15) is 0 Å². The molecule has 1 atom stereocenters. The van der Waals surface area contributed by atoms with Crippen LogP contribution in [0.1, 0.15) is 38.1 Å². The van der Waals surface area contributed by atoms with Gasteiger partial charge in [0.25, 0.3) is 0 Å². The molecule has 2 nitrogen and oxygen atoms in total. The van der Waals surface area contributed by atoms with Crippen LogP contribution in [0.5, 0.6) is 0 Å². The van der Waals surface area contributed by atoms with Gasteiger partial charge in [-0.2, -0.15) is 0 Å². The molecule has 1 heterocycles. The number of halogens is 1. The lowest BCUT2D eigenvalue weighted by molar-refractivity contribution is 0.388. The Kier molecular flexibility index (Phi) is 5.64. The SMILES string of the molecule is Cc1cc(CNC(C)CNC(C)(C)C)sc1Br. The van der Waals surface area contributed by atoms with Crippen molar-refractivity contribution >= 4 is 27.3 Å². The molecule has 0 aliphatic heterocycles. The van der Waals surface area contributed by atoms with E-state index in [1.54, 1.807) is 0 Å². The van der Waals surface area contributed by atoms with Crippen LogP contribution in [0.4, 0.5) is 0 Å². The summed E-state index contributed by atoms with van der Waals surface area (Å²) in [5.41, 5.74) is 1.52. The molecule has 98 valence electrons. The topological polar surface area (TPSA) is 24.1 Å². The van der Waals surface area contributed by atoms with Crippen LogP contribution < -0.4 is 10.6 Å². The minimum atomic E-state index is 0.193. The molecule has 0 amide bonds. The van der Waals surface area contributed by atoms with Gasteiger partial charge in [-0.25, -0.2) is 0 Å². The van der Waals surface area contributed by atoms with E-state index in [9.17, 15) is 0 Å². The van der Waals surface area contributed by atoms with Crippen LogP contribution >= 0.6 is 27.3 Å². The maximum absolute atomic E-state index is 3.56. The van der Waals surface area contributed by atoms with Crippen LogP contribution in [0.2, 0.25) is 0 Å². The number of nitrogens with one attached hydrogen (secondary N) is 2. The smallest absolute Gasteiger partial charge is 0.0730 e. The second-order valence-electron chi connectivity index (χ2n) is 5.58. The molecule has 1 unspecified atom stereocenters. The zero-order valence-electron chi connectivity index (χ0n) is 11.4. The fourth-order valence-corrected chi connectivity index (χ4v) is 3.00. The van der Waals surface area contributed by atoms with Gasteiger partial charge in [-0.1, -0.05) is 0 Å². The Bertz CT molecular complexity index is 335. The van der Waals surface area contributed by atoms with Gasteiger partial charge in [0.05, 0.1) is 3.79 Å². The molecular weight excluding hydrogens is 296 g/mol. The van der Waals surface area contributed by atoms with Gasteiger partial charge in [-0.15, -0.1) is 11.3 Å². The molecule has 0 saturated heterocycles. The number of hydrogen-bond donors (Lipinski definition) is 2. The Morgan fingerprint density at radius 2 is 2.06 bits per heavy atom. The van der Waals surface area contributed by atoms with E-state index in [4.69, 9.17) is 0 Å². The Labute approximate surface area is 117 Å². The standard InChI is InChI=1S/C13H23BrN2S/c1-9-6-11(17-12(9)14)8-15-10(2)7-16-13(3,4)5/h6,10,15-16H,7-8H2,1-5H3. The maximum Gasteiger partial charge on any atom is 0.0730 e. The van der Waals surface area contributed by atoms with E-state index in [1.807, 2.05) is 11.3 Å². The summed E-state index contributed by atoms with van der Waals surface area (Å²) in [5.74, 6) is 0. The molecule has 0 aliphatic carbocycles. The predicted octanol–water partition coefficient (Wildman–Crippen LogP) is 3.69. The highest BCUT2D eigenvalue weighted by Crippen LogP contribution is 2.27. The molecule has 17 heavy (non-hydrogen) atoms. The number of rotatable bonds is 5. The average Bonchev–Trinajstić information content (AvgIpc) is 2.51. The van der Waals surface area contributed by atoms with Crippen LogP contribution in [0, 0.1) is 6.92 Å². The zero-order chi connectivity index (χ0) is 13.1. The lowest BCUT2D eigenvalue weighted by Crippen LogP contribution is -2.44. The van der Waals surface area contributed by atoms with E-state index in [-0.39, 0.29) is 5.54 Å². The first kappa shape index (κ1) is 15.2. The summed E-state index contributed by atoms with van der Waals surface area (Å²) in [6.07, 6.45) is 0. The van der Waals surface area contributed by atoms with Crippen molar-refractivity contribution in [3.63, 3.8) is 0 Å². The Morgan fingerprint density at radius 3 is 2.53 bits per heavy atom. The quantitative estimate of drug-likeness (QED) is 0.865. The third kappa shape index (κ3) is 6.00. The number of thiophene rings is 1. The van der Waals surface area contributed by atoms with Crippen LogP contribution in [0.3, 0.4) is 0 Å². The molecule has 1 aromatic heterocycles. The Morgan fingerprint density at radius 1 is 1.41 bits per heavy atom. The third-order valence-electron chi connectivity index (χ3n) is 2.47. The fourth-order valence-electron chi connectivity index (χ4n) is 1.42. The first-order valence-electron chi connectivity index (χ1n) is 6.01. The van der Waals surface area contributed by atoms with Crippen molar-refractivity contribution in [2.24, 2.45) is 0 Å². The molecule has 1 aromatic rings. The van der Waals surface area contributed by atoms with Gasteiger partial charge >= 0.3 is 0 Å². The molecule has 2 N–H and O–H groups in total. The van der Waals surface area contributed by atoms with Gasteiger partial charge in [-0.3, -0.25) is 0 Å². The van der Waals surface area contributed by atoms with Gasteiger partial charge in [0, 0.05) is 29.5 Å². The van der Waals surface area contributed by atoms with E-state index >= 15 is 0 Å². The van der Waals surface area contributed by atoms with Crippen molar-refractivity contribution in [3.05, 3.63) is 20.3 Å². The Balaban J connectivity index is 2.31. The summed E-state index contributed by atoms with van der Waals surface area (Å²) >= 11 is 5.37. The molecule has 4 heteroatoms. The van der Waals surface area contributed by atoms with Crippen LogP contribution in [0.25, 0.3) is 0 Å². The summed E-state index contributed by atoms with van der Waals surface area (Å²) < 4.78 is 1.25. The van der Waals surface area contributed by atoms with Gasteiger partial charge < -0.3 is 10.6 Å². The van der Waals surface area contributed by atoms with Crippen LogP contribution in [-0.2, 0) is 6.54 Å². The lowest BCUT2D eigenvalue weighted by Gasteiger charge is -2.23.